The van der Waals surface area contributed by atoms with Crippen LogP contribution in [0.2, 0.25) is 0 Å². The Kier molecular flexibility index (Phi) is 7.49. The molecule has 0 saturated heterocycles. The summed E-state index contributed by atoms with van der Waals surface area (Å²) in [6, 6.07) is 23.0. The van der Waals surface area contributed by atoms with Crippen molar-refractivity contribution in [3.63, 3.8) is 0 Å². The van der Waals surface area contributed by atoms with Crippen LogP contribution in [0.5, 0.6) is 11.5 Å². The monoisotopic (exact) mass is 475 g/mol. The molecule has 1 heterocycles. The third-order valence-corrected chi connectivity index (χ3v) is 5.95. The summed E-state index contributed by atoms with van der Waals surface area (Å²) in [6.07, 6.45) is 0. The van der Waals surface area contributed by atoms with Crippen LogP contribution in [-0.4, -0.2) is 36.1 Å². The average molecular weight is 476 g/mol. The van der Waals surface area contributed by atoms with E-state index in [4.69, 9.17) is 13.9 Å². The molecule has 0 spiro atoms. The number of carbonyl (C=O) groups excluding carboxylic acids is 1. The predicted octanol–water partition coefficient (Wildman–Crippen LogP) is 5.39. The first kappa shape index (κ1) is 23.4. The fourth-order valence-corrected chi connectivity index (χ4v) is 4.10. The van der Waals surface area contributed by atoms with Crippen molar-refractivity contribution >= 4 is 23.4 Å². The zero-order valence-corrected chi connectivity index (χ0v) is 20.0. The topological polar surface area (TPSA) is 77.7 Å². The first-order chi connectivity index (χ1) is 16.6. The van der Waals surface area contributed by atoms with Gasteiger partial charge in [-0.25, -0.2) is 0 Å². The molecule has 174 valence electrons. The Labute approximate surface area is 202 Å². The van der Waals surface area contributed by atoms with Crippen LogP contribution < -0.4 is 14.4 Å². The summed E-state index contributed by atoms with van der Waals surface area (Å²) < 4.78 is 16.5. The van der Waals surface area contributed by atoms with Gasteiger partial charge in [0.15, 0.2) is 11.5 Å². The summed E-state index contributed by atoms with van der Waals surface area (Å²) in [6.45, 7) is 2.38. The lowest BCUT2D eigenvalue weighted by molar-refractivity contribution is -0.116. The number of nitrogens with zero attached hydrogens (tertiary/aromatic N) is 3. The molecular weight excluding hydrogens is 450 g/mol. The van der Waals surface area contributed by atoms with E-state index in [1.807, 2.05) is 79.7 Å². The van der Waals surface area contributed by atoms with Gasteiger partial charge in [-0.1, -0.05) is 53.7 Å². The molecule has 0 aliphatic rings. The lowest BCUT2D eigenvalue weighted by Gasteiger charge is -2.23. The normalized spacial score (nSPS) is 10.7. The summed E-state index contributed by atoms with van der Waals surface area (Å²) >= 11 is 1.22. The summed E-state index contributed by atoms with van der Waals surface area (Å²) in [5, 5.41) is 8.57. The Morgan fingerprint density at radius 1 is 0.941 bits per heavy atom. The largest absolute Gasteiger partial charge is 0.493 e. The van der Waals surface area contributed by atoms with Gasteiger partial charge in [-0.05, 0) is 48.9 Å². The number of rotatable bonds is 9. The van der Waals surface area contributed by atoms with E-state index in [0.717, 1.165) is 22.4 Å². The van der Waals surface area contributed by atoms with Crippen molar-refractivity contribution in [2.24, 2.45) is 0 Å². The van der Waals surface area contributed by atoms with E-state index in [1.54, 1.807) is 19.1 Å². The number of methoxy groups -OCH3 is 2. The van der Waals surface area contributed by atoms with Crippen LogP contribution in [0, 0.1) is 6.92 Å². The van der Waals surface area contributed by atoms with Crippen molar-refractivity contribution < 1.29 is 18.7 Å². The number of carbonyl (C=O) groups is 1. The first-order valence-electron chi connectivity index (χ1n) is 10.7. The van der Waals surface area contributed by atoms with Crippen molar-refractivity contribution in [2.45, 2.75) is 18.7 Å². The maximum absolute atomic E-state index is 13.3. The van der Waals surface area contributed by atoms with Crippen molar-refractivity contribution in [1.82, 2.24) is 10.2 Å². The molecule has 0 unspecified atom stereocenters. The smallest absolute Gasteiger partial charge is 0.277 e. The Morgan fingerprint density at radius 2 is 1.74 bits per heavy atom. The molecule has 0 atom stereocenters. The van der Waals surface area contributed by atoms with Crippen LogP contribution in [0.4, 0.5) is 5.69 Å². The number of ether oxygens (including phenoxy) is 2. The highest BCUT2D eigenvalue weighted by Crippen LogP contribution is 2.30. The number of aromatic nitrogens is 2. The standard InChI is InChI=1S/C26H25N3O4S/c1-18-8-7-9-20(14-18)25-27-28-26(33-25)34-17-24(30)29(21-10-5-4-6-11-21)16-19-12-13-22(31-2)23(15-19)32-3/h4-15H,16-17H2,1-3H3. The van der Waals surface area contributed by atoms with Gasteiger partial charge in [0, 0.05) is 11.3 Å². The average Bonchev–Trinajstić information content (AvgIpc) is 3.35. The van der Waals surface area contributed by atoms with Gasteiger partial charge in [-0.2, -0.15) is 0 Å². The molecule has 1 amide bonds. The van der Waals surface area contributed by atoms with Gasteiger partial charge in [0.1, 0.15) is 0 Å². The Hall–Kier alpha value is -3.78. The minimum absolute atomic E-state index is 0.0821. The molecule has 0 saturated carbocycles. The maximum atomic E-state index is 13.3. The molecule has 1 aromatic heterocycles. The molecule has 0 radical (unpaired) electrons. The summed E-state index contributed by atoms with van der Waals surface area (Å²) in [7, 11) is 3.18. The van der Waals surface area contributed by atoms with Gasteiger partial charge in [-0.15, -0.1) is 10.2 Å². The third kappa shape index (κ3) is 5.58. The number of amides is 1. The number of para-hydroxylation sites is 1. The highest BCUT2D eigenvalue weighted by Gasteiger charge is 2.19. The molecule has 3 aromatic carbocycles. The molecule has 0 N–H and O–H groups in total. The van der Waals surface area contributed by atoms with Crippen LogP contribution in [-0.2, 0) is 11.3 Å². The van der Waals surface area contributed by atoms with Gasteiger partial charge in [0.05, 0.1) is 26.5 Å². The zero-order valence-electron chi connectivity index (χ0n) is 19.2. The molecule has 4 rings (SSSR count). The number of hydrogen-bond acceptors (Lipinski definition) is 7. The quantitative estimate of drug-likeness (QED) is 0.300. The lowest BCUT2D eigenvalue weighted by Crippen LogP contribution is -2.31. The van der Waals surface area contributed by atoms with E-state index in [-0.39, 0.29) is 11.7 Å². The van der Waals surface area contributed by atoms with Crippen LogP contribution >= 0.6 is 11.8 Å². The van der Waals surface area contributed by atoms with Gasteiger partial charge >= 0.3 is 0 Å². The van der Waals surface area contributed by atoms with E-state index in [0.29, 0.717) is 29.2 Å². The van der Waals surface area contributed by atoms with Crippen LogP contribution in [0.25, 0.3) is 11.5 Å². The number of benzene rings is 3. The van der Waals surface area contributed by atoms with E-state index in [1.165, 1.54) is 11.8 Å². The Balaban J connectivity index is 1.50. The summed E-state index contributed by atoms with van der Waals surface area (Å²) in [4.78, 5) is 15.0. The van der Waals surface area contributed by atoms with Crippen LogP contribution in [0.3, 0.4) is 0 Å². The fraction of sp³-hybridized carbons (Fsp3) is 0.192. The highest BCUT2D eigenvalue weighted by atomic mass is 32.2. The first-order valence-corrected chi connectivity index (χ1v) is 11.7. The van der Waals surface area contributed by atoms with Gasteiger partial charge in [0.2, 0.25) is 11.8 Å². The fourth-order valence-electron chi connectivity index (χ4n) is 3.46. The summed E-state index contributed by atoms with van der Waals surface area (Å²) in [5.41, 5.74) is 3.67. The van der Waals surface area contributed by atoms with E-state index in [9.17, 15) is 4.79 Å². The molecule has 4 aromatic rings. The second-order valence-electron chi connectivity index (χ2n) is 7.54. The third-order valence-electron chi connectivity index (χ3n) is 5.15. The second kappa shape index (κ2) is 10.9. The molecular formula is C26H25N3O4S. The predicted molar refractivity (Wildman–Crippen MR) is 132 cm³/mol. The van der Waals surface area contributed by atoms with Gasteiger partial charge < -0.3 is 18.8 Å². The van der Waals surface area contributed by atoms with E-state index in [2.05, 4.69) is 10.2 Å². The van der Waals surface area contributed by atoms with Crippen LogP contribution in [0.15, 0.2) is 82.4 Å². The number of hydrogen-bond donors (Lipinski definition) is 0. The molecule has 0 aliphatic heterocycles. The second-order valence-corrected chi connectivity index (χ2v) is 8.46. The molecule has 0 bridgehead atoms. The Bertz CT molecular complexity index is 1260. The summed E-state index contributed by atoms with van der Waals surface area (Å²) in [5.74, 6) is 1.76. The van der Waals surface area contributed by atoms with Gasteiger partial charge in [0.25, 0.3) is 5.22 Å². The minimum Gasteiger partial charge on any atom is -0.493 e. The number of anilines is 1. The maximum Gasteiger partial charge on any atom is 0.277 e. The van der Waals surface area contributed by atoms with Crippen molar-refractivity contribution in [3.8, 4) is 23.0 Å². The van der Waals surface area contributed by atoms with E-state index >= 15 is 0 Å². The molecule has 7 nitrogen and oxygen atoms in total. The lowest BCUT2D eigenvalue weighted by atomic mass is 10.1. The molecule has 0 fully saturated rings. The SMILES string of the molecule is COc1ccc(CN(C(=O)CSc2nnc(-c3cccc(C)c3)o2)c2ccccc2)cc1OC. The number of aryl methyl sites for hydroxylation is 1. The number of thioether (sulfide) groups is 1. The Morgan fingerprint density at radius 3 is 2.47 bits per heavy atom. The zero-order chi connectivity index (χ0) is 23.9. The minimum atomic E-state index is -0.0821. The van der Waals surface area contributed by atoms with E-state index < -0.39 is 0 Å². The van der Waals surface area contributed by atoms with Gasteiger partial charge in [-0.3, -0.25) is 4.79 Å². The molecule has 8 heteroatoms. The van der Waals surface area contributed by atoms with Crippen molar-refractivity contribution in [1.29, 1.82) is 0 Å². The van der Waals surface area contributed by atoms with Crippen LogP contribution in [0.1, 0.15) is 11.1 Å². The molecule has 34 heavy (non-hydrogen) atoms. The molecule has 0 aliphatic carbocycles. The highest BCUT2D eigenvalue weighted by molar-refractivity contribution is 7.99. The van der Waals surface area contributed by atoms with Crippen molar-refractivity contribution in [3.05, 3.63) is 83.9 Å². The van der Waals surface area contributed by atoms with Crippen molar-refractivity contribution in [2.75, 3.05) is 24.9 Å².